The summed E-state index contributed by atoms with van der Waals surface area (Å²) in [4.78, 5) is 50.8. The van der Waals surface area contributed by atoms with E-state index in [0.717, 1.165) is 4.90 Å². The van der Waals surface area contributed by atoms with Gasteiger partial charge in [0.05, 0.1) is 29.1 Å². The third kappa shape index (κ3) is 3.58. The second kappa shape index (κ2) is 7.99. The van der Waals surface area contributed by atoms with Crippen molar-refractivity contribution < 1.29 is 29.0 Å². The van der Waals surface area contributed by atoms with E-state index >= 15 is 0 Å². The monoisotopic (exact) mass is 434 g/mol. The molecule has 2 N–H and O–H groups in total. The van der Waals surface area contributed by atoms with Gasteiger partial charge in [0, 0.05) is 18.8 Å². The summed E-state index contributed by atoms with van der Waals surface area (Å²) in [6, 6.07) is 10.7. The number of carbonyl (C=O) groups is 4. The van der Waals surface area contributed by atoms with Crippen molar-refractivity contribution in [2.24, 2.45) is 7.05 Å². The number of hydrogen-bond donors (Lipinski definition) is 2. The van der Waals surface area contributed by atoms with Gasteiger partial charge in [-0.25, -0.2) is 9.69 Å². The highest BCUT2D eigenvalue weighted by atomic mass is 16.5. The number of imide groups is 1. The van der Waals surface area contributed by atoms with Gasteiger partial charge >= 0.3 is 5.97 Å². The Bertz CT molecular complexity index is 1260. The lowest BCUT2D eigenvalue weighted by atomic mass is 10.1. The molecule has 1 aliphatic rings. The Balaban J connectivity index is 1.60. The lowest BCUT2D eigenvalue weighted by Gasteiger charge is -2.14. The van der Waals surface area contributed by atoms with Crippen LogP contribution in [0.1, 0.15) is 48.5 Å². The van der Waals surface area contributed by atoms with E-state index in [1.807, 2.05) is 6.92 Å². The first-order chi connectivity index (χ1) is 15.3. The van der Waals surface area contributed by atoms with Crippen molar-refractivity contribution in [3.63, 3.8) is 0 Å². The molecule has 3 amide bonds. The van der Waals surface area contributed by atoms with Gasteiger partial charge < -0.3 is 15.2 Å². The number of anilines is 2. The number of nitrogens with one attached hydrogen (secondary N) is 1. The molecular weight excluding hydrogens is 416 g/mol. The van der Waals surface area contributed by atoms with Gasteiger partial charge in [-0.1, -0.05) is 0 Å². The molecule has 0 fully saturated rings. The molecule has 0 aliphatic carbocycles. The topological polar surface area (TPSA) is 131 Å². The molecule has 2 aromatic carbocycles. The highest BCUT2D eigenvalue weighted by Gasteiger charge is 2.37. The number of aryl methyl sites for hydroxylation is 1. The molecule has 10 nitrogen and oxygen atoms in total. The summed E-state index contributed by atoms with van der Waals surface area (Å²) in [5.74, 6) is -2.37. The number of carbonyl (C=O) groups excluding carboxylic acids is 3. The van der Waals surface area contributed by atoms with Crippen LogP contribution in [-0.4, -0.2) is 45.2 Å². The number of nitrogens with zero attached hydrogens (tertiary/aromatic N) is 3. The minimum atomic E-state index is -1.29. The average Bonchev–Trinajstić information content (AvgIpc) is 3.26. The molecule has 0 unspecified atom stereocenters. The first-order valence-electron chi connectivity index (χ1n) is 9.64. The predicted octanol–water partition coefficient (Wildman–Crippen LogP) is 2.57. The smallest absolute Gasteiger partial charge is 0.358 e. The molecule has 0 saturated heterocycles. The molecule has 2 heterocycles. The summed E-state index contributed by atoms with van der Waals surface area (Å²) < 4.78 is 6.64. The summed E-state index contributed by atoms with van der Waals surface area (Å²) >= 11 is 0. The van der Waals surface area contributed by atoms with Crippen LogP contribution < -0.4 is 15.0 Å². The van der Waals surface area contributed by atoms with Crippen molar-refractivity contribution in [3.8, 4) is 5.75 Å². The van der Waals surface area contributed by atoms with Crippen LogP contribution in [0.5, 0.6) is 5.75 Å². The van der Waals surface area contributed by atoms with E-state index in [1.54, 1.807) is 24.3 Å². The van der Waals surface area contributed by atoms with Crippen molar-refractivity contribution in [2.45, 2.75) is 6.92 Å². The number of benzene rings is 2. The summed E-state index contributed by atoms with van der Waals surface area (Å²) in [6.45, 7) is 2.34. The van der Waals surface area contributed by atoms with Gasteiger partial charge in [0.2, 0.25) is 0 Å². The molecule has 1 aromatic heterocycles. The van der Waals surface area contributed by atoms with E-state index in [4.69, 9.17) is 4.74 Å². The molecule has 10 heteroatoms. The van der Waals surface area contributed by atoms with Crippen molar-refractivity contribution in [1.82, 2.24) is 9.78 Å². The van der Waals surface area contributed by atoms with Gasteiger partial charge in [-0.15, -0.1) is 0 Å². The van der Waals surface area contributed by atoms with Crippen molar-refractivity contribution >= 4 is 35.1 Å². The second-order valence-electron chi connectivity index (χ2n) is 6.96. The van der Waals surface area contributed by atoms with E-state index in [-0.39, 0.29) is 28.1 Å². The Hall–Kier alpha value is -4.47. The third-order valence-electron chi connectivity index (χ3n) is 4.83. The standard InChI is InChI=1S/C22H18N4O6/c1-3-32-14-7-5-13(6-8-14)26-20(28)15-9-4-12(10-16(15)21(26)29)19(27)23-17-11-25(2)24-18(17)22(30)31/h4-11H,3H2,1-2H3,(H,23,27)(H,30,31). The number of carboxylic acids is 1. The number of fused-ring (bicyclic) bond motifs is 1. The molecular formula is C22H18N4O6. The van der Waals surface area contributed by atoms with Gasteiger partial charge in [0.1, 0.15) is 5.75 Å². The minimum Gasteiger partial charge on any atom is -0.494 e. The van der Waals surface area contributed by atoms with Crippen LogP contribution in [0.4, 0.5) is 11.4 Å². The molecule has 0 spiro atoms. The Morgan fingerprint density at radius 1 is 1.06 bits per heavy atom. The maximum Gasteiger partial charge on any atom is 0.358 e. The number of amides is 3. The molecule has 0 saturated carbocycles. The van der Waals surface area contributed by atoms with Crippen LogP contribution in [0.25, 0.3) is 0 Å². The average molecular weight is 434 g/mol. The fourth-order valence-corrected chi connectivity index (χ4v) is 3.41. The number of aromatic carboxylic acids is 1. The van der Waals surface area contributed by atoms with E-state index in [0.29, 0.717) is 18.0 Å². The highest BCUT2D eigenvalue weighted by molar-refractivity contribution is 6.34. The fourth-order valence-electron chi connectivity index (χ4n) is 3.41. The predicted molar refractivity (Wildman–Crippen MR) is 113 cm³/mol. The van der Waals surface area contributed by atoms with E-state index < -0.39 is 23.7 Å². The van der Waals surface area contributed by atoms with Crippen molar-refractivity contribution in [2.75, 3.05) is 16.8 Å². The van der Waals surface area contributed by atoms with Crippen LogP contribution in [0.2, 0.25) is 0 Å². The lowest BCUT2D eigenvalue weighted by molar-refractivity contribution is 0.0690. The number of carboxylic acid groups (broad SMARTS) is 1. The third-order valence-corrected chi connectivity index (χ3v) is 4.83. The largest absolute Gasteiger partial charge is 0.494 e. The van der Waals surface area contributed by atoms with Gasteiger partial charge in [-0.3, -0.25) is 19.1 Å². The zero-order chi connectivity index (χ0) is 23.0. The van der Waals surface area contributed by atoms with E-state index in [2.05, 4.69) is 10.4 Å². The minimum absolute atomic E-state index is 0.0175. The van der Waals surface area contributed by atoms with Gasteiger partial charge in [-0.2, -0.15) is 5.10 Å². The quantitative estimate of drug-likeness (QED) is 0.570. The molecule has 0 bridgehead atoms. The Kier molecular flexibility index (Phi) is 5.19. The van der Waals surface area contributed by atoms with E-state index in [9.17, 15) is 24.3 Å². The van der Waals surface area contributed by atoms with Crippen LogP contribution >= 0.6 is 0 Å². The zero-order valence-corrected chi connectivity index (χ0v) is 17.2. The maximum absolute atomic E-state index is 12.9. The molecule has 32 heavy (non-hydrogen) atoms. The summed E-state index contributed by atoms with van der Waals surface area (Å²) in [5.41, 5.74) is 0.443. The number of aromatic nitrogens is 2. The lowest BCUT2D eigenvalue weighted by Crippen LogP contribution is -2.29. The first kappa shape index (κ1) is 20.8. The molecule has 1 aliphatic heterocycles. The molecule has 0 radical (unpaired) electrons. The molecule has 4 rings (SSSR count). The van der Waals surface area contributed by atoms with Gasteiger partial charge in [0.15, 0.2) is 5.69 Å². The Labute approximate surface area is 182 Å². The first-order valence-corrected chi connectivity index (χ1v) is 9.64. The summed E-state index contributed by atoms with van der Waals surface area (Å²) in [7, 11) is 1.53. The van der Waals surface area contributed by atoms with Crippen LogP contribution in [0.15, 0.2) is 48.7 Å². The normalized spacial score (nSPS) is 12.6. The summed E-state index contributed by atoms with van der Waals surface area (Å²) in [5, 5.41) is 15.5. The van der Waals surface area contributed by atoms with Crippen LogP contribution in [0, 0.1) is 0 Å². The van der Waals surface area contributed by atoms with Crippen LogP contribution in [-0.2, 0) is 7.05 Å². The number of rotatable bonds is 6. The SMILES string of the molecule is CCOc1ccc(N2C(=O)c3ccc(C(=O)Nc4cn(C)nc4C(=O)O)cc3C2=O)cc1. The highest BCUT2D eigenvalue weighted by Crippen LogP contribution is 2.30. The maximum atomic E-state index is 12.9. The Morgan fingerprint density at radius 3 is 2.41 bits per heavy atom. The molecule has 162 valence electrons. The van der Waals surface area contributed by atoms with Gasteiger partial charge in [0.25, 0.3) is 17.7 Å². The van der Waals surface area contributed by atoms with Gasteiger partial charge in [-0.05, 0) is 49.4 Å². The molecule has 0 atom stereocenters. The number of ether oxygens (including phenoxy) is 1. The van der Waals surface area contributed by atoms with Crippen molar-refractivity contribution in [1.29, 1.82) is 0 Å². The summed E-state index contributed by atoms with van der Waals surface area (Å²) in [6.07, 6.45) is 1.36. The number of hydrogen-bond acceptors (Lipinski definition) is 6. The van der Waals surface area contributed by atoms with Crippen LogP contribution in [0.3, 0.4) is 0 Å². The second-order valence-corrected chi connectivity index (χ2v) is 6.96. The molecule has 3 aromatic rings. The van der Waals surface area contributed by atoms with E-state index in [1.165, 1.54) is 36.1 Å². The Morgan fingerprint density at radius 2 is 1.75 bits per heavy atom. The fraction of sp³-hybridized carbons (Fsp3) is 0.136. The van der Waals surface area contributed by atoms with Crippen molar-refractivity contribution in [3.05, 3.63) is 71.0 Å². The zero-order valence-electron chi connectivity index (χ0n) is 17.2.